The van der Waals surface area contributed by atoms with Crippen molar-refractivity contribution in [1.82, 2.24) is 15.1 Å². The number of hydrogen-bond acceptors (Lipinski definition) is 4. The van der Waals surface area contributed by atoms with Gasteiger partial charge in [-0.05, 0) is 18.7 Å². The average Bonchev–Trinajstić information content (AvgIpc) is 2.96. The lowest BCUT2D eigenvalue weighted by Crippen LogP contribution is -2.30. The molecule has 0 aliphatic carbocycles. The smallest absolute Gasteiger partial charge is 0.170 e. The van der Waals surface area contributed by atoms with Crippen molar-refractivity contribution in [1.29, 1.82) is 0 Å². The molecule has 1 N–H and O–H groups in total. The second kappa shape index (κ2) is 5.77. The highest BCUT2D eigenvalue weighted by Gasteiger charge is 2.24. The standard InChI is InChI=1S/C16H21N3O2/c1-4-19-9-8-13-12(10-19)15(18-17-13)11-6-5-7-14(20-2)16(11)21-3/h5-7H,4,8-10H2,1-3H3,(H,17,18). The van der Waals surface area contributed by atoms with Crippen molar-refractivity contribution in [3.63, 3.8) is 0 Å². The summed E-state index contributed by atoms with van der Waals surface area (Å²) >= 11 is 0. The molecular weight excluding hydrogens is 266 g/mol. The summed E-state index contributed by atoms with van der Waals surface area (Å²) in [5, 5.41) is 7.72. The van der Waals surface area contributed by atoms with Crippen molar-refractivity contribution in [2.45, 2.75) is 19.9 Å². The first-order chi connectivity index (χ1) is 10.3. The Morgan fingerprint density at radius 3 is 2.86 bits per heavy atom. The summed E-state index contributed by atoms with van der Waals surface area (Å²) in [6, 6.07) is 5.90. The maximum absolute atomic E-state index is 5.54. The van der Waals surface area contributed by atoms with Gasteiger partial charge >= 0.3 is 0 Å². The molecule has 5 heteroatoms. The van der Waals surface area contributed by atoms with Crippen molar-refractivity contribution in [3.05, 3.63) is 29.5 Å². The maximum atomic E-state index is 5.54. The minimum absolute atomic E-state index is 0.731. The summed E-state index contributed by atoms with van der Waals surface area (Å²) in [5.74, 6) is 1.47. The lowest BCUT2D eigenvalue weighted by atomic mass is 10.00. The number of benzene rings is 1. The molecule has 0 unspecified atom stereocenters. The van der Waals surface area contributed by atoms with Gasteiger partial charge in [0.05, 0.1) is 14.2 Å². The number of rotatable bonds is 4. The molecule has 0 saturated heterocycles. The van der Waals surface area contributed by atoms with Crippen molar-refractivity contribution in [2.75, 3.05) is 27.3 Å². The molecule has 0 fully saturated rings. The Bertz CT molecular complexity index is 636. The van der Waals surface area contributed by atoms with Crippen LogP contribution in [0.1, 0.15) is 18.2 Å². The molecule has 3 rings (SSSR count). The first kappa shape index (κ1) is 13.9. The third-order valence-electron chi connectivity index (χ3n) is 4.12. The molecule has 0 bridgehead atoms. The number of para-hydroxylation sites is 1. The van der Waals surface area contributed by atoms with Crippen LogP contribution >= 0.6 is 0 Å². The Hall–Kier alpha value is -2.01. The van der Waals surface area contributed by atoms with Crippen LogP contribution in [0.4, 0.5) is 0 Å². The largest absolute Gasteiger partial charge is 0.493 e. The molecule has 0 amide bonds. The van der Waals surface area contributed by atoms with Gasteiger partial charge < -0.3 is 9.47 Å². The molecule has 112 valence electrons. The highest BCUT2D eigenvalue weighted by atomic mass is 16.5. The highest BCUT2D eigenvalue weighted by molar-refractivity contribution is 5.74. The summed E-state index contributed by atoms with van der Waals surface area (Å²) in [5.41, 5.74) is 4.46. The fourth-order valence-corrected chi connectivity index (χ4v) is 2.92. The van der Waals surface area contributed by atoms with Gasteiger partial charge in [0, 0.05) is 36.3 Å². The Morgan fingerprint density at radius 2 is 2.14 bits per heavy atom. The molecule has 2 heterocycles. The number of aromatic amines is 1. The molecule has 1 aromatic carbocycles. The van der Waals surface area contributed by atoms with Gasteiger partial charge in [0.25, 0.3) is 0 Å². The Kier molecular flexibility index (Phi) is 3.84. The lowest BCUT2D eigenvalue weighted by molar-refractivity contribution is 0.267. The molecule has 1 aliphatic rings. The Labute approximate surface area is 124 Å². The molecule has 1 aromatic heterocycles. The van der Waals surface area contributed by atoms with E-state index < -0.39 is 0 Å². The summed E-state index contributed by atoms with van der Waals surface area (Å²) in [6.45, 7) is 5.26. The minimum Gasteiger partial charge on any atom is -0.493 e. The van der Waals surface area contributed by atoms with Crippen LogP contribution in [0.15, 0.2) is 18.2 Å². The molecule has 2 aromatic rings. The summed E-state index contributed by atoms with van der Waals surface area (Å²) in [4.78, 5) is 2.42. The molecule has 0 radical (unpaired) electrons. The summed E-state index contributed by atoms with van der Waals surface area (Å²) in [6.07, 6.45) is 1.02. The number of likely N-dealkylation sites (N-methyl/N-ethyl adjacent to an activating group) is 1. The van der Waals surface area contributed by atoms with Gasteiger partial charge in [0.1, 0.15) is 5.69 Å². The quantitative estimate of drug-likeness (QED) is 0.938. The van der Waals surface area contributed by atoms with Gasteiger partial charge in [-0.1, -0.05) is 13.0 Å². The van der Waals surface area contributed by atoms with E-state index in [1.165, 1.54) is 11.3 Å². The molecule has 0 saturated carbocycles. The van der Waals surface area contributed by atoms with Crippen LogP contribution in [0.2, 0.25) is 0 Å². The van der Waals surface area contributed by atoms with Gasteiger partial charge in [-0.25, -0.2) is 0 Å². The molecule has 5 nitrogen and oxygen atoms in total. The number of methoxy groups -OCH3 is 2. The van der Waals surface area contributed by atoms with Gasteiger partial charge in [0.2, 0.25) is 0 Å². The van der Waals surface area contributed by atoms with Crippen LogP contribution < -0.4 is 9.47 Å². The average molecular weight is 287 g/mol. The first-order valence-electron chi connectivity index (χ1n) is 7.28. The van der Waals surface area contributed by atoms with E-state index in [0.29, 0.717) is 0 Å². The Morgan fingerprint density at radius 1 is 1.29 bits per heavy atom. The van der Waals surface area contributed by atoms with Crippen molar-refractivity contribution in [3.8, 4) is 22.8 Å². The SMILES string of the molecule is CCN1CCc2[nH]nc(-c3cccc(OC)c3OC)c2C1. The van der Waals surface area contributed by atoms with E-state index in [0.717, 1.165) is 48.8 Å². The van der Waals surface area contributed by atoms with E-state index in [-0.39, 0.29) is 0 Å². The predicted molar refractivity (Wildman–Crippen MR) is 81.8 cm³/mol. The predicted octanol–water partition coefficient (Wildman–Crippen LogP) is 2.47. The zero-order valence-corrected chi connectivity index (χ0v) is 12.8. The summed E-state index contributed by atoms with van der Waals surface area (Å²) in [7, 11) is 3.32. The number of nitrogens with zero attached hydrogens (tertiary/aromatic N) is 2. The number of hydrogen-bond donors (Lipinski definition) is 1. The third kappa shape index (κ3) is 2.38. The van der Waals surface area contributed by atoms with Gasteiger partial charge in [-0.3, -0.25) is 10.00 Å². The normalized spacial score (nSPS) is 14.8. The minimum atomic E-state index is 0.731. The second-order valence-electron chi connectivity index (χ2n) is 5.19. The van der Waals surface area contributed by atoms with Crippen LogP contribution in [0.25, 0.3) is 11.3 Å². The van der Waals surface area contributed by atoms with Crippen LogP contribution in [0.5, 0.6) is 11.5 Å². The Balaban J connectivity index is 2.08. The number of H-pyrrole nitrogens is 1. The van der Waals surface area contributed by atoms with E-state index in [4.69, 9.17) is 9.47 Å². The van der Waals surface area contributed by atoms with E-state index in [9.17, 15) is 0 Å². The second-order valence-corrected chi connectivity index (χ2v) is 5.19. The fourth-order valence-electron chi connectivity index (χ4n) is 2.92. The number of fused-ring (bicyclic) bond motifs is 1. The van der Waals surface area contributed by atoms with Crippen LogP contribution in [-0.4, -0.2) is 42.4 Å². The van der Waals surface area contributed by atoms with Crippen molar-refractivity contribution in [2.24, 2.45) is 0 Å². The molecular formula is C16H21N3O2. The van der Waals surface area contributed by atoms with Gasteiger partial charge in [0.15, 0.2) is 11.5 Å². The van der Waals surface area contributed by atoms with E-state index in [2.05, 4.69) is 22.0 Å². The zero-order valence-electron chi connectivity index (χ0n) is 12.8. The molecule has 1 aliphatic heterocycles. The van der Waals surface area contributed by atoms with Crippen LogP contribution in [-0.2, 0) is 13.0 Å². The third-order valence-corrected chi connectivity index (χ3v) is 4.12. The zero-order chi connectivity index (χ0) is 14.8. The van der Waals surface area contributed by atoms with Gasteiger partial charge in [-0.2, -0.15) is 5.10 Å². The number of ether oxygens (including phenoxy) is 2. The molecule has 21 heavy (non-hydrogen) atoms. The van der Waals surface area contributed by atoms with E-state index in [1.807, 2.05) is 18.2 Å². The highest BCUT2D eigenvalue weighted by Crippen LogP contribution is 2.39. The fraction of sp³-hybridized carbons (Fsp3) is 0.438. The number of aromatic nitrogens is 2. The lowest BCUT2D eigenvalue weighted by Gasteiger charge is -2.25. The topological polar surface area (TPSA) is 50.4 Å². The van der Waals surface area contributed by atoms with Crippen molar-refractivity contribution < 1.29 is 9.47 Å². The number of nitrogens with one attached hydrogen (secondary N) is 1. The first-order valence-corrected chi connectivity index (χ1v) is 7.28. The van der Waals surface area contributed by atoms with Crippen molar-refractivity contribution >= 4 is 0 Å². The van der Waals surface area contributed by atoms with Gasteiger partial charge in [-0.15, -0.1) is 0 Å². The van der Waals surface area contributed by atoms with E-state index in [1.54, 1.807) is 14.2 Å². The van der Waals surface area contributed by atoms with E-state index >= 15 is 0 Å². The molecule has 0 spiro atoms. The van der Waals surface area contributed by atoms with Crippen LogP contribution in [0.3, 0.4) is 0 Å². The molecule has 0 atom stereocenters. The van der Waals surface area contributed by atoms with Crippen LogP contribution in [0, 0.1) is 0 Å². The monoisotopic (exact) mass is 287 g/mol. The summed E-state index contributed by atoms with van der Waals surface area (Å²) < 4.78 is 10.9. The maximum Gasteiger partial charge on any atom is 0.170 e.